The van der Waals surface area contributed by atoms with Gasteiger partial charge in [0, 0.05) is 6.21 Å². The number of benzene rings is 3. The predicted molar refractivity (Wildman–Crippen MR) is 108 cm³/mol. The maximum atomic E-state index is 10.7. The van der Waals surface area contributed by atoms with Crippen LogP contribution in [0.1, 0.15) is 5.56 Å². The van der Waals surface area contributed by atoms with Crippen LogP contribution in [0.2, 0.25) is 0 Å². The van der Waals surface area contributed by atoms with Crippen LogP contribution in [0.15, 0.2) is 77.8 Å². The van der Waals surface area contributed by atoms with Gasteiger partial charge in [0.25, 0.3) is 5.91 Å². The molecule has 0 atom stereocenters. The number of amides is 1. The van der Waals surface area contributed by atoms with Crippen LogP contribution in [0.3, 0.4) is 0 Å². The Kier molecular flexibility index (Phi) is 6.25. The zero-order valence-electron chi connectivity index (χ0n) is 15.4. The fraction of sp³-hybridized carbons (Fsp3) is 0.0909. The second-order valence-corrected chi connectivity index (χ2v) is 5.85. The van der Waals surface area contributed by atoms with E-state index < -0.39 is 5.91 Å². The predicted octanol–water partition coefficient (Wildman–Crippen LogP) is 4.10. The van der Waals surface area contributed by atoms with Gasteiger partial charge in [-0.2, -0.15) is 0 Å². The number of nitrogens with two attached hydrogens (primary N) is 1. The van der Waals surface area contributed by atoms with Crippen LogP contribution in [0, 0.1) is 0 Å². The number of primary amides is 1. The lowest BCUT2D eigenvalue weighted by Gasteiger charge is -2.06. The molecule has 0 aliphatic heterocycles. The highest BCUT2D eigenvalue weighted by Crippen LogP contribution is 2.25. The molecule has 0 aliphatic rings. The van der Waals surface area contributed by atoms with E-state index in [9.17, 15) is 4.79 Å². The monoisotopic (exact) mass is 376 g/mol. The van der Waals surface area contributed by atoms with Gasteiger partial charge in [-0.3, -0.25) is 9.79 Å². The van der Waals surface area contributed by atoms with Gasteiger partial charge in [0.05, 0.1) is 12.8 Å². The first kappa shape index (κ1) is 19.0. The highest BCUT2D eigenvalue weighted by atomic mass is 16.5. The van der Waals surface area contributed by atoms with Crippen molar-refractivity contribution in [2.24, 2.45) is 10.7 Å². The molecule has 6 heteroatoms. The Morgan fingerprint density at radius 2 is 1.39 bits per heavy atom. The highest BCUT2D eigenvalue weighted by molar-refractivity contribution is 5.82. The molecule has 3 aromatic rings. The number of ether oxygens (including phenoxy) is 3. The van der Waals surface area contributed by atoms with Crippen LogP contribution in [0.5, 0.6) is 23.0 Å². The van der Waals surface area contributed by atoms with Crippen LogP contribution in [-0.4, -0.2) is 25.8 Å². The van der Waals surface area contributed by atoms with Crippen molar-refractivity contribution in [2.45, 2.75) is 0 Å². The summed E-state index contributed by atoms with van der Waals surface area (Å²) in [4.78, 5) is 15.2. The average molecular weight is 376 g/mol. The molecule has 3 aromatic carbocycles. The Balaban J connectivity index is 1.57. The van der Waals surface area contributed by atoms with E-state index in [1.807, 2.05) is 60.7 Å². The van der Waals surface area contributed by atoms with Gasteiger partial charge in [0.15, 0.2) is 6.61 Å². The molecule has 142 valence electrons. The molecule has 28 heavy (non-hydrogen) atoms. The van der Waals surface area contributed by atoms with Crippen molar-refractivity contribution >= 4 is 17.8 Å². The third kappa shape index (κ3) is 5.60. The minimum Gasteiger partial charge on any atom is -0.497 e. The number of methoxy groups -OCH3 is 1. The van der Waals surface area contributed by atoms with Gasteiger partial charge in [-0.1, -0.05) is 0 Å². The summed E-state index contributed by atoms with van der Waals surface area (Å²) in [6, 6.07) is 22.1. The summed E-state index contributed by atoms with van der Waals surface area (Å²) in [6.45, 7) is -0.140. The first-order valence-electron chi connectivity index (χ1n) is 8.59. The summed E-state index contributed by atoms with van der Waals surface area (Å²) >= 11 is 0. The zero-order valence-corrected chi connectivity index (χ0v) is 15.4. The van der Waals surface area contributed by atoms with Crippen LogP contribution >= 0.6 is 0 Å². The quantitative estimate of drug-likeness (QED) is 0.600. The number of hydrogen-bond acceptors (Lipinski definition) is 5. The van der Waals surface area contributed by atoms with Gasteiger partial charge in [0.2, 0.25) is 0 Å². The summed E-state index contributed by atoms with van der Waals surface area (Å²) in [6.07, 6.45) is 1.75. The van der Waals surface area contributed by atoms with Gasteiger partial charge < -0.3 is 19.9 Å². The number of rotatable bonds is 8. The minimum atomic E-state index is -0.509. The maximum Gasteiger partial charge on any atom is 0.255 e. The van der Waals surface area contributed by atoms with Crippen molar-refractivity contribution in [2.75, 3.05) is 13.7 Å². The molecule has 6 nitrogen and oxygen atoms in total. The molecule has 0 radical (unpaired) electrons. The molecule has 0 fully saturated rings. The first-order chi connectivity index (χ1) is 13.6. The second-order valence-electron chi connectivity index (χ2n) is 5.85. The third-order valence-electron chi connectivity index (χ3n) is 3.76. The molecule has 0 saturated heterocycles. The summed E-state index contributed by atoms with van der Waals surface area (Å²) in [7, 11) is 1.63. The van der Waals surface area contributed by atoms with E-state index in [0.717, 1.165) is 28.5 Å². The maximum absolute atomic E-state index is 10.7. The van der Waals surface area contributed by atoms with Crippen molar-refractivity contribution in [3.63, 3.8) is 0 Å². The second kappa shape index (κ2) is 9.23. The normalized spacial score (nSPS) is 10.6. The van der Waals surface area contributed by atoms with E-state index in [0.29, 0.717) is 5.75 Å². The van der Waals surface area contributed by atoms with Gasteiger partial charge in [-0.25, -0.2) is 0 Å². The summed E-state index contributed by atoms with van der Waals surface area (Å²) < 4.78 is 16.1. The largest absolute Gasteiger partial charge is 0.497 e. The van der Waals surface area contributed by atoms with E-state index in [2.05, 4.69) is 4.99 Å². The fourth-order valence-corrected chi connectivity index (χ4v) is 2.33. The van der Waals surface area contributed by atoms with Crippen molar-refractivity contribution < 1.29 is 19.0 Å². The summed E-state index contributed by atoms with van der Waals surface area (Å²) in [5.74, 6) is 2.31. The fourth-order valence-electron chi connectivity index (χ4n) is 2.33. The Labute approximate surface area is 163 Å². The topological polar surface area (TPSA) is 83.1 Å². The van der Waals surface area contributed by atoms with Crippen molar-refractivity contribution in [3.05, 3.63) is 78.4 Å². The molecule has 3 rings (SSSR count). The lowest BCUT2D eigenvalue weighted by atomic mass is 10.2. The molecule has 0 spiro atoms. The van der Waals surface area contributed by atoms with E-state index in [1.165, 1.54) is 0 Å². The van der Waals surface area contributed by atoms with E-state index >= 15 is 0 Å². The standard InChI is InChI=1S/C22H20N2O4/c1-26-18-10-12-21(13-11-18)28-20-8-4-17(5-9-20)24-14-16-2-6-19(7-3-16)27-15-22(23)25/h2-14H,15H2,1H3,(H2,23,25). The van der Waals surface area contributed by atoms with Gasteiger partial charge in [0.1, 0.15) is 23.0 Å². The summed E-state index contributed by atoms with van der Waals surface area (Å²) in [5.41, 5.74) is 6.76. The molecule has 0 heterocycles. The van der Waals surface area contributed by atoms with Crippen molar-refractivity contribution in [3.8, 4) is 23.0 Å². The Morgan fingerprint density at radius 1 is 0.857 bits per heavy atom. The lowest BCUT2D eigenvalue weighted by molar-refractivity contribution is -0.119. The molecular weight excluding hydrogens is 356 g/mol. The number of hydrogen-bond donors (Lipinski definition) is 1. The van der Waals surface area contributed by atoms with Crippen LogP contribution in [-0.2, 0) is 4.79 Å². The molecule has 0 aromatic heterocycles. The third-order valence-corrected chi connectivity index (χ3v) is 3.76. The molecule has 1 amide bonds. The van der Waals surface area contributed by atoms with Crippen LogP contribution in [0.25, 0.3) is 0 Å². The van der Waals surface area contributed by atoms with Crippen LogP contribution in [0.4, 0.5) is 5.69 Å². The Morgan fingerprint density at radius 3 is 1.96 bits per heavy atom. The molecular formula is C22H20N2O4. The van der Waals surface area contributed by atoms with E-state index in [4.69, 9.17) is 19.9 Å². The number of nitrogens with zero attached hydrogens (tertiary/aromatic N) is 1. The van der Waals surface area contributed by atoms with Crippen LogP contribution < -0.4 is 19.9 Å². The highest BCUT2D eigenvalue weighted by Gasteiger charge is 1.99. The van der Waals surface area contributed by atoms with E-state index in [1.54, 1.807) is 25.5 Å². The SMILES string of the molecule is COc1ccc(Oc2ccc(N=Cc3ccc(OCC(N)=O)cc3)cc2)cc1. The smallest absolute Gasteiger partial charge is 0.255 e. The summed E-state index contributed by atoms with van der Waals surface area (Å²) in [5, 5.41) is 0. The minimum absolute atomic E-state index is 0.140. The lowest BCUT2D eigenvalue weighted by Crippen LogP contribution is -2.19. The van der Waals surface area contributed by atoms with E-state index in [-0.39, 0.29) is 6.61 Å². The van der Waals surface area contributed by atoms with Gasteiger partial charge in [-0.05, 0) is 78.4 Å². The number of carbonyl (C=O) groups excluding carboxylic acids is 1. The molecule has 2 N–H and O–H groups in total. The number of aliphatic imine (C=N–C) groups is 1. The van der Waals surface area contributed by atoms with Gasteiger partial charge >= 0.3 is 0 Å². The molecule has 0 bridgehead atoms. The zero-order chi connectivity index (χ0) is 19.8. The molecule has 0 saturated carbocycles. The molecule has 0 aliphatic carbocycles. The van der Waals surface area contributed by atoms with Gasteiger partial charge in [-0.15, -0.1) is 0 Å². The Hall–Kier alpha value is -3.80. The first-order valence-corrected chi connectivity index (χ1v) is 8.59. The van der Waals surface area contributed by atoms with Crippen molar-refractivity contribution in [1.29, 1.82) is 0 Å². The average Bonchev–Trinajstić information content (AvgIpc) is 2.73. The number of carbonyl (C=O) groups is 1. The Bertz CT molecular complexity index is 934. The van der Waals surface area contributed by atoms with Crippen molar-refractivity contribution in [1.82, 2.24) is 0 Å². The molecule has 0 unspecified atom stereocenters.